The molecule has 0 saturated heterocycles. The van der Waals surface area contributed by atoms with Crippen LogP contribution in [0.25, 0.3) is 0 Å². The van der Waals surface area contributed by atoms with Crippen LogP contribution in [0.3, 0.4) is 0 Å². The van der Waals surface area contributed by atoms with E-state index in [4.69, 9.17) is 4.43 Å². The predicted molar refractivity (Wildman–Crippen MR) is 91.8 cm³/mol. The van der Waals surface area contributed by atoms with Gasteiger partial charge in [-0.1, -0.05) is 47.5 Å². The summed E-state index contributed by atoms with van der Waals surface area (Å²) in [6, 6.07) is 0. The Bertz CT molecular complexity index is 210. The standard InChI is InChI=1S/C14H31OSi.C3H7.Zn/c1-9-10-11-13(12(2)3)15-16(7,8)14(4,5)6;1-3-2;/h12-13H,2,9-11H2,1,3-8H3;3H,1-2H3;/q2*-1;+2/t12-,13+;;/m1../s1. The maximum atomic E-state index is 6.44. The molecule has 0 aliphatic carbocycles. The first kappa shape index (κ1) is 25.7. The zero-order chi connectivity index (χ0) is 15.7. The maximum Gasteiger partial charge on any atom is 2.00 e. The molecule has 0 rings (SSSR count). The molecular formula is C17H38OSiZn. The predicted octanol–water partition coefficient (Wildman–Crippen LogP) is 6.27. The molecule has 0 saturated carbocycles. The van der Waals surface area contributed by atoms with E-state index in [-0.39, 0.29) is 19.5 Å². The summed E-state index contributed by atoms with van der Waals surface area (Å²) in [7, 11) is -1.62. The zero-order valence-electron chi connectivity index (χ0n) is 15.7. The van der Waals surface area contributed by atoms with Crippen molar-refractivity contribution in [1.82, 2.24) is 0 Å². The van der Waals surface area contributed by atoms with Gasteiger partial charge in [0.1, 0.15) is 0 Å². The van der Waals surface area contributed by atoms with Crippen molar-refractivity contribution in [3.05, 3.63) is 13.3 Å². The van der Waals surface area contributed by atoms with Crippen molar-refractivity contribution in [2.45, 2.75) is 92.0 Å². The molecule has 0 spiro atoms. The largest absolute Gasteiger partial charge is 2.00 e. The Morgan fingerprint density at radius 1 is 1.20 bits per heavy atom. The van der Waals surface area contributed by atoms with Crippen LogP contribution in [0.2, 0.25) is 18.1 Å². The first-order valence-corrected chi connectivity index (χ1v) is 10.7. The molecule has 0 aromatic carbocycles. The molecule has 1 nitrogen and oxygen atoms in total. The minimum Gasteiger partial charge on any atom is -0.416 e. The van der Waals surface area contributed by atoms with Gasteiger partial charge in [-0.25, -0.2) is 0 Å². The fourth-order valence-electron chi connectivity index (χ4n) is 1.42. The topological polar surface area (TPSA) is 9.23 Å². The number of hydrogen-bond donors (Lipinski definition) is 0. The zero-order valence-corrected chi connectivity index (χ0v) is 19.6. The molecule has 0 aliphatic rings. The molecule has 20 heavy (non-hydrogen) atoms. The Hall–Kier alpha value is 0.800. The van der Waals surface area contributed by atoms with E-state index in [9.17, 15) is 0 Å². The van der Waals surface area contributed by atoms with Gasteiger partial charge in [0.15, 0.2) is 8.32 Å². The van der Waals surface area contributed by atoms with Crippen molar-refractivity contribution in [3.63, 3.8) is 0 Å². The van der Waals surface area contributed by atoms with Gasteiger partial charge in [-0.3, -0.25) is 0 Å². The third-order valence-corrected chi connectivity index (χ3v) is 8.23. The summed E-state index contributed by atoms with van der Waals surface area (Å²) < 4.78 is 6.44. The minimum absolute atomic E-state index is 0. The summed E-state index contributed by atoms with van der Waals surface area (Å²) in [5.74, 6) is 0.390. The van der Waals surface area contributed by atoms with Crippen LogP contribution in [0.5, 0.6) is 0 Å². The Kier molecular flexibility index (Phi) is 15.9. The van der Waals surface area contributed by atoms with Crippen LogP contribution in [0, 0.1) is 19.3 Å². The summed E-state index contributed by atoms with van der Waals surface area (Å²) in [4.78, 5) is 0. The molecule has 0 aromatic rings. The van der Waals surface area contributed by atoms with Crippen LogP contribution in [0.15, 0.2) is 0 Å². The molecule has 118 valence electrons. The third kappa shape index (κ3) is 11.5. The first-order valence-electron chi connectivity index (χ1n) is 7.78. The van der Waals surface area contributed by atoms with Crippen LogP contribution in [-0.4, -0.2) is 14.4 Å². The molecule has 0 radical (unpaired) electrons. The molecule has 0 N–H and O–H groups in total. The van der Waals surface area contributed by atoms with Crippen LogP contribution in [0.1, 0.15) is 67.7 Å². The molecule has 0 fully saturated rings. The van der Waals surface area contributed by atoms with Crippen LogP contribution < -0.4 is 0 Å². The van der Waals surface area contributed by atoms with Gasteiger partial charge in [-0.15, -0.1) is 5.92 Å². The smallest absolute Gasteiger partial charge is 0.416 e. The fourth-order valence-corrected chi connectivity index (χ4v) is 2.88. The number of rotatable bonds is 6. The Morgan fingerprint density at radius 2 is 1.60 bits per heavy atom. The van der Waals surface area contributed by atoms with Gasteiger partial charge in [0.2, 0.25) is 0 Å². The van der Waals surface area contributed by atoms with Crippen molar-refractivity contribution < 1.29 is 23.9 Å². The van der Waals surface area contributed by atoms with Gasteiger partial charge in [-0.05, 0) is 24.6 Å². The second-order valence-corrected chi connectivity index (χ2v) is 11.9. The van der Waals surface area contributed by atoms with Crippen LogP contribution in [-0.2, 0) is 23.9 Å². The number of hydrogen-bond acceptors (Lipinski definition) is 1. The maximum absolute atomic E-state index is 6.44. The van der Waals surface area contributed by atoms with Crippen molar-refractivity contribution in [2.75, 3.05) is 0 Å². The molecule has 0 bridgehead atoms. The summed E-state index contributed by atoms with van der Waals surface area (Å²) >= 11 is 0. The number of unbranched alkanes of at least 4 members (excludes halogenated alkanes) is 1. The normalized spacial score (nSPS) is 14.7. The summed E-state index contributed by atoms with van der Waals surface area (Å²) in [6.07, 6.45) is 6.00. The molecule has 3 heteroatoms. The van der Waals surface area contributed by atoms with Crippen molar-refractivity contribution in [1.29, 1.82) is 0 Å². The quantitative estimate of drug-likeness (QED) is 0.405. The summed E-state index contributed by atoms with van der Waals surface area (Å²) in [5.41, 5.74) is 0. The van der Waals surface area contributed by atoms with E-state index in [1.807, 2.05) is 20.3 Å². The molecule has 0 aromatic heterocycles. The average Bonchev–Trinajstić information content (AvgIpc) is 2.23. The molecule has 0 aliphatic heterocycles. The SMILES string of the molecule is C[CH-]C.[CH2-][C@H](C)[C@H](CCCC)O[Si](C)(C)C(C)(C)C.[Zn+2]. The van der Waals surface area contributed by atoms with Crippen LogP contribution in [0.4, 0.5) is 0 Å². The van der Waals surface area contributed by atoms with Gasteiger partial charge in [-0.2, -0.15) is 13.8 Å². The molecule has 2 atom stereocenters. The monoisotopic (exact) mass is 350 g/mol. The van der Waals surface area contributed by atoms with E-state index in [0.29, 0.717) is 17.1 Å². The van der Waals surface area contributed by atoms with Gasteiger partial charge in [0, 0.05) is 6.10 Å². The van der Waals surface area contributed by atoms with Crippen molar-refractivity contribution in [2.24, 2.45) is 5.92 Å². The van der Waals surface area contributed by atoms with Crippen LogP contribution >= 0.6 is 0 Å². The van der Waals surface area contributed by atoms with Gasteiger partial charge in [0.05, 0.1) is 0 Å². The van der Waals surface area contributed by atoms with E-state index < -0.39 is 8.32 Å². The first-order chi connectivity index (χ1) is 8.53. The third-order valence-electron chi connectivity index (χ3n) is 3.73. The molecule has 0 heterocycles. The summed E-state index contributed by atoms with van der Waals surface area (Å²) in [6.45, 7) is 24.1. The summed E-state index contributed by atoms with van der Waals surface area (Å²) in [5, 5.41) is 0.298. The van der Waals surface area contributed by atoms with E-state index >= 15 is 0 Å². The van der Waals surface area contributed by atoms with Gasteiger partial charge >= 0.3 is 19.5 Å². The molecule has 0 amide bonds. The van der Waals surface area contributed by atoms with Gasteiger partial charge in [0.25, 0.3) is 0 Å². The fraction of sp³-hybridized carbons (Fsp3) is 0.882. The van der Waals surface area contributed by atoms with E-state index in [0.717, 1.165) is 6.42 Å². The second-order valence-electron chi connectivity index (χ2n) is 7.11. The van der Waals surface area contributed by atoms with E-state index in [1.54, 1.807) is 0 Å². The van der Waals surface area contributed by atoms with E-state index in [1.165, 1.54) is 12.8 Å². The second kappa shape index (κ2) is 12.4. The van der Waals surface area contributed by atoms with Crippen molar-refractivity contribution >= 4 is 8.32 Å². The molecule has 0 unspecified atom stereocenters. The average molecular weight is 352 g/mol. The van der Waals surface area contributed by atoms with Crippen molar-refractivity contribution in [3.8, 4) is 0 Å². The van der Waals surface area contributed by atoms with E-state index in [2.05, 4.69) is 54.6 Å². The van der Waals surface area contributed by atoms with Gasteiger partial charge < -0.3 is 17.8 Å². The minimum atomic E-state index is -1.62. The Morgan fingerprint density at radius 3 is 1.85 bits per heavy atom. The molecular weight excluding hydrogens is 314 g/mol. The Labute approximate surface area is 143 Å². The Balaban J connectivity index is -0.000000657.